The van der Waals surface area contributed by atoms with Gasteiger partial charge in [-0.1, -0.05) is 60.2 Å². The number of aryl methyl sites for hydroxylation is 2. The maximum atomic E-state index is 13.8. The second-order valence-corrected chi connectivity index (χ2v) is 9.09. The van der Waals surface area contributed by atoms with Crippen LogP contribution in [0.4, 0.5) is 11.6 Å². The average Bonchev–Trinajstić information content (AvgIpc) is 2.88. The number of aromatic nitrogens is 2. The Morgan fingerprint density at radius 3 is 2.26 bits per heavy atom. The van der Waals surface area contributed by atoms with Crippen molar-refractivity contribution in [2.45, 2.75) is 33.5 Å². The van der Waals surface area contributed by atoms with Gasteiger partial charge in [0.2, 0.25) is 5.95 Å². The van der Waals surface area contributed by atoms with E-state index in [0.717, 1.165) is 33.8 Å². The summed E-state index contributed by atoms with van der Waals surface area (Å²) in [6.07, 6.45) is 0.571. The summed E-state index contributed by atoms with van der Waals surface area (Å²) in [6.45, 7) is 5.85. The van der Waals surface area contributed by atoms with E-state index in [1.807, 2.05) is 41.8 Å². The van der Waals surface area contributed by atoms with Gasteiger partial charge >= 0.3 is 0 Å². The molecule has 1 aliphatic rings. The average molecular weight is 467 g/mol. The van der Waals surface area contributed by atoms with Crippen LogP contribution in [0.5, 0.6) is 5.75 Å². The standard InChI is InChI=1S/C29H30N4O2/c1-21-9-13-25(14-10-21)32-19-31(18-24-11-15-26(35-3)16-12-24)20-33-28(34)27(22(2)30-29(32)33)17-23-7-5-4-6-8-23/h4-16H,17-20H2,1-3H3. The van der Waals surface area contributed by atoms with E-state index in [4.69, 9.17) is 9.72 Å². The highest BCUT2D eigenvalue weighted by Gasteiger charge is 2.28. The van der Waals surface area contributed by atoms with Crippen molar-refractivity contribution in [2.75, 3.05) is 18.7 Å². The van der Waals surface area contributed by atoms with E-state index in [1.54, 1.807) is 7.11 Å². The fraction of sp³-hybridized carbons (Fsp3) is 0.241. The van der Waals surface area contributed by atoms with E-state index in [0.29, 0.717) is 32.3 Å². The van der Waals surface area contributed by atoms with Gasteiger partial charge in [0.05, 0.1) is 26.1 Å². The van der Waals surface area contributed by atoms with E-state index >= 15 is 0 Å². The van der Waals surface area contributed by atoms with Crippen molar-refractivity contribution in [3.8, 4) is 5.75 Å². The molecule has 6 nitrogen and oxygen atoms in total. The summed E-state index contributed by atoms with van der Waals surface area (Å²) >= 11 is 0. The van der Waals surface area contributed by atoms with Crippen LogP contribution in [0, 0.1) is 13.8 Å². The third-order valence-electron chi connectivity index (χ3n) is 6.51. The maximum Gasteiger partial charge on any atom is 0.259 e. The van der Waals surface area contributed by atoms with E-state index < -0.39 is 0 Å². The molecule has 0 atom stereocenters. The van der Waals surface area contributed by atoms with Crippen LogP contribution >= 0.6 is 0 Å². The highest BCUT2D eigenvalue weighted by Crippen LogP contribution is 2.29. The zero-order chi connectivity index (χ0) is 24.4. The van der Waals surface area contributed by atoms with Crippen molar-refractivity contribution in [1.29, 1.82) is 0 Å². The molecule has 1 aromatic heterocycles. The Kier molecular flexibility index (Phi) is 6.38. The van der Waals surface area contributed by atoms with Gasteiger partial charge < -0.3 is 4.74 Å². The SMILES string of the molecule is COc1ccc(CN2CN(c3ccc(C)cc3)c3nc(C)c(Cc4ccccc4)c(=O)n3C2)cc1. The number of hydrogen-bond acceptors (Lipinski definition) is 5. The molecule has 0 unspecified atom stereocenters. The summed E-state index contributed by atoms with van der Waals surface area (Å²) in [5.74, 6) is 1.53. The molecule has 0 saturated heterocycles. The lowest BCUT2D eigenvalue weighted by atomic mass is 10.1. The number of hydrogen-bond donors (Lipinski definition) is 0. The minimum absolute atomic E-state index is 0.0212. The number of methoxy groups -OCH3 is 1. The molecule has 0 amide bonds. The van der Waals surface area contributed by atoms with Gasteiger partial charge in [-0.25, -0.2) is 4.98 Å². The van der Waals surface area contributed by atoms with Crippen LogP contribution in [0.15, 0.2) is 83.7 Å². The summed E-state index contributed by atoms with van der Waals surface area (Å²) in [5.41, 5.74) is 6.03. The number of ether oxygens (including phenoxy) is 1. The zero-order valence-electron chi connectivity index (χ0n) is 20.4. The van der Waals surface area contributed by atoms with Crippen LogP contribution in [0.25, 0.3) is 0 Å². The third kappa shape index (κ3) is 4.84. The topological polar surface area (TPSA) is 50.6 Å². The largest absolute Gasteiger partial charge is 0.497 e. The fourth-order valence-electron chi connectivity index (χ4n) is 4.54. The number of benzene rings is 3. The van der Waals surface area contributed by atoms with Gasteiger partial charge in [-0.2, -0.15) is 0 Å². The van der Waals surface area contributed by atoms with Crippen LogP contribution in [0.3, 0.4) is 0 Å². The third-order valence-corrected chi connectivity index (χ3v) is 6.51. The van der Waals surface area contributed by atoms with E-state index in [-0.39, 0.29) is 5.56 Å². The van der Waals surface area contributed by atoms with Gasteiger partial charge in [-0.3, -0.25) is 19.2 Å². The molecule has 2 heterocycles. The van der Waals surface area contributed by atoms with Crippen LogP contribution in [-0.2, 0) is 19.6 Å². The van der Waals surface area contributed by atoms with Gasteiger partial charge in [-0.15, -0.1) is 0 Å². The smallest absolute Gasteiger partial charge is 0.259 e. The molecule has 178 valence electrons. The van der Waals surface area contributed by atoms with Crippen molar-refractivity contribution in [3.63, 3.8) is 0 Å². The molecule has 4 aromatic rings. The molecule has 5 rings (SSSR count). The number of nitrogens with zero attached hydrogens (tertiary/aromatic N) is 4. The minimum atomic E-state index is 0.0212. The molecular weight excluding hydrogens is 436 g/mol. The van der Waals surface area contributed by atoms with Gasteiger partial charge in [0.15, 0.2) is 0 Å². The highest BCUT2D eigenvalue weighted by molar-refractivity contribution is 5.59. The summed E-state index contributed by atoms with van der Waals surface area (Å²) in [4.78, 5) is 23.2. The Morgan fingerprint density at radius 1 is 0.857 bits per heavy atom. The normalized spacial score (nSPS) is 13.5. The lowest BCUT2D eigenvalue weighted by Gasteiger charge is -2.38. The van der Waals surface area contributed by atoms with Gasteiger partial charge in [0.25, 0.3) is 5.56 Å². The second kappa shape index (κ2) is 9.76. The molecule has 1 aliphatic heterocycles. The summed E-state index contributed by atoms with van der Waals surface area (Å²) in [6, 6.07) is 26.6. The lowest BCUT2D eigenvalue weighted by molar-refractivity contribution is 0.189. The Labute approximate surface area is 206 Å². The van der Waals surface area contributed by atoms with Crippen molar-refractivity contribution in [2.24, 2.45) is 0 Å². The van der Waals surface area contributed by atoms with E-state index in [1.165, 1.54) is 5.56 Å². The molecule has 0 N–H and O–H groups in total. The number of rotatable bonds is 6. The first-order valence-corrected chi connectivity index (χ1v) is 11.9. The predicted molar refractivity (Wildman–Crippen MR) is 139 cm³/mol. The van der Waals surface area contributed by atoms with Crippen LogP contribution < -0.4 is 15.2 Å². The first kappa shape index (κ1) is 22.9. The Morgan fingerprint density at radius 2 is 1.57 bits per heavy atom. The van der Waals surface area contributed by atoms with Crippen LogP contribution in [-0.4, -0.2) is 28.2 Å². The molecule has 0 bridgehead atoms. The monoisotopic (exact) mass is 466 g/mol. The fourth-order valence-corrected chi connectivity index (χ4v) is 4.54. The number of anilines is 2. The predicted octanol–water partition coefficient (Wildman–Crippen LogP) is 5.03. The molecule has 0 aliphatic carbocycles. The minimum Gasteiger partial charge on any atom is -0.497 e. The molecule has 35 heavy (non-hydrogen) atoms. The summed E-state index contributed by atoms with van der Waals surface area (Å²) in [7, 11) is 1.67. The van der Waals surface area contributed by atoms with Crippen LogP contribution in [0.2, 0.25) is 0 Å². The van der Waals surface area contributed by atoms with Gasteiger partial charge in [0.1, 0.15) is 5.75 Å². The second-order valence-electron chi connectivity index (χ2n) is 9.09. The molecule has 0 saturated carbocycles. The first-order chi connectivity index (χ1) is 17.0. The van der Waals surface area contributed by atoms with E-state index in [9.17, 15) is 4.79 Å². The molecule has 0 spiro atoms. The molecule has 0 fully saturated rings. The first-order valence-electron chi connectivity index (χ1n) is 11.9. The zero-order valence-corrected chi connectivity index (χ0v) is 20.4. The Hall–Kier alpha value is -3.90. The molecule has 0 radical (unpaired) electrons. The van der Waals surface area contributed by atoms with Crippen LogP contribution in [0.1, 0.15) is 27.9 Å². The van der Waals surface area contributed by atoms with Crippen molar-refractivity contribution in [1.82, 2.24) is 14.5 Å². The van der Waals surface area contributed by atoms with Gasteiger partial charge in [0, 0.05) is 24.2 Å². The van der Waals surface area contributed by atoms with Crippen molar-refractivity contribution < 1.29 is 4.74 Å². The summed E-state index contributed by atoms with van der Waals surface area (Å²) < 4.78 is 7.12. The van der Waals surface area contributed by atoms with Crippen molar-refractivity contribution >= 4 is 11.6 Å². The lowest BCUT2D eigenvalue weighted by Crippen LogP contribution is -2.47. The molecule has 3 aromatic carbocycles. The van der Waals surface area contributed by atoms with Gasteiger partial charge in [-0.05, 0) is 49.2 Å². The number of fused-ring (bicyclic) bond motifs is 1. The summed E-state index contributed by atoms with van der Waals surface area (Å²) in [5, 5.41) is 0. The Bertz CT molecular complexity index is 1360. The highest BCUT2D eigenvalue weighted by atomic mass is 16.5. The van der Waals surface area contributed by atoms with E-state index in [2.05, 4.69) is 65.3 Å². The Balaban J connectivity index is 1.54. The van der Waals surface area contributed by atoms with Crippen molar-refractivity contribution in [3.05, 3.63) is 117 Å². The maximum absolute atomic E-state index is 13.8. The molecule has 6 heteroatoms. The molecular formula is C29H30N4O2. The quantitative estimate of drug-likeness (QED) is 0.399.